The third-order valence-electron chi connectivity index (χ3n) is 3.43. The standard InChI is InChI=1S/C12H14BrN3/c1-7-5-9(13)6-16-11(14)10(15-12(7)16)8-3-2-4-8/h5-6,8H,2-4,14H2,1H3. The molecule has 0 unspecified atom stereocenters. The zero-order valence-electron chi connectivity index (χ0n) is 9.20. The Morgan fingerprint density at radius 1 is 1.50 bits per heavy atom. The molecule has 1 aliphatic rings. The Morgan fingerprint density at radius 2 is 2.25 bits per heavy atom. The fourth-order valence-electron chi connectivity index (χ4n) is 2.29. The molecule has 0 saturated heterocycles. The van der Waals surface area contributed by atoms with E-state index in [1.165, 1.54) is 19.3 Å². The van der Waals surface area contributed by atoms with Crippen LogP contribution in [0.15, 0.2) is 16.7 Å². The molecule has 0 atom stereocenters. The summed E-state index contributed by atoms with van der Waals surface area (Å²) in [5.41, 5.74) is 9.40. The maximum atomic E-state index is 6.17. The zero-order chi connectivity index (χ0) is 11.3. The Labute approximate surface area is 103 Å². The number of anilines is 1. The van der Waals surface area contributed by atoms with Crippen molar-refractivity contribution in [1.82, 2.24) is 9.38 Å². The molecule has 2 aromatic heterocycles. The van der Waals surface area contributed by atoms with Gasteiger partial charge in [-0.2, -0.15) is 0 Å². The largest absolute Gasteiger partial charge is 0.383 e. The highest BCUT2D eigenvalue weighted by Crippen LogP contribution is 2.39. The van der Waals surface area contributed by atoms with Gasteiger partial charge in [-0.15, -0.1) is 0 Å². The van der Waals surface area contributed by atoms with E-state index in [2.05, 4.69) is 28.9 Å². The first-order valence-corrected chi connectivity index (χ1v) is 6.39. The lowest BCUT2D eigenvalue weighted by atomic mass is 9.83. The molecule has 0 radical (unpaired) electrons. The highest BCUT2D eigenvalue weighted by Gasteiger charge is 2.25. The maximum Gasteiger partial charge on any atom is 0.141 e. The maximum absolute atomic E-state index is 6.17. The van der Waals surface area contributed by atoms with Gasteiger partial charge in [0.05, 0.1) is 5.69 Å². The van der Waals surface area contributed by atoms with E-state index in [9.17, 15) is 0 Å². The fraction of sp³-hybridized carbons (Fsp3) is 0.417. The van der Waals surface area contributed by atoms with Gasteiger partial charge in [-0.1, -0.05) is 6.42 Å². The molecule has 0 aromatic carbocycles. The molecule has 0 amide bonds. The smallest absolute Gasteiger partial charge is 0.141 e. The van der Waals surface area contributed by atoms with Crippen LogP contribution in [-0.4, -0.2) is 9.38 Å². The van der Waals surface area contributed by atoms with Gasteiger partial charge in [-0.25, -0.2) is 4.98 Å². The summed E-state index contributed by atoms with van der Waals surface area (Å²) < 4.78 is 3.04. The van der Waals surface area contributed by atoms with E-state index in [0.29, 0.717) is 5.92 Å². The van der Waals surface area contributed by atoms with Crippen LogP contribution in [0, 0.1) is 6.92 Å². The molecule has 2 N–H and O–H groups in total. The minimum Gasteiger partial charge on any atom is -0.383 e. The number of fused-ring (bicyclic) bond motifs is 1. The van der Waals surface area contributed by atoms with Gasteiger partial charge in [0.1, 0.15) is 11.5 Å². The van der Waals surface area contributed by atoms with E-state index in [4.69, 9.17) is 10.7 Å². The summed E-state index contributed by atoms with van der Waals surface area (Å²) in [5, 5.41) is 0. The number of hydrogen-bond acceptors (Lipinski definition) is 2. The van der Waals surface area contributed by atoms with E-state index in [1.807, 2.05) is 10.6 Å². The quantitative estimate of drug-likeness (QED) is 0.871. The van der Waals surface area contributed by atoms with Crippen molar-refractivity contribution < 1.29 is 0 Å². The number of nitrogen functional groups attached to an aromatic ring is 1. The SMILES string of the molecule is Cc1cc(Br)cn2c(N)c(C3CCC3)nc12. The lowest BCUT2D eigenvalue weighted by Crippen LogP contribution is -2.11. The summed E-state index contributed by atoms with van der Waals surface area (Å²) in [7, 11) is 0. The highest BCUT2D eigenvalue weighted by molar-refractivity contribution is 9.10. The Bertz CT molecular complexity index is 555. The minimum atomic E-state index is 0.582. The molecule has 3 rings (SSSR count). The zero-order valence-corrected chi connectivity index (χ0v) is 10.8. The molecule has 2 aromatic rings. The molecule has 4 heteroatoms. The van der Waals surface area contributed by atoms with Crippen LogP contribution in [0.25, 0.3) is 5.65 Å². The van der Waals surface area contributed by atoms with Crippen molar-refractivity contribution in [3.63, 3.8) is 0 Å². The van der Waals surface area contributed by atoms with Crippen LogP contribution in [0.3, 0.4) is 0 Å². The molecule has 1 aliphatic carbocycles. The number of nitrogens with two attached hydrogens (primary N) is 1. The molecule has 0 aliphatic heterocycles. The van der Waals surface area contributed by atoms with Crippen molar-refractivity contribution in [2.24, 2.45) is 0 Å². The lowest BCUT2D eigenvalue weighted by molar-refractivity contribution is 0.414. The van der Waals surface area contributed by atoms with Crippen LogP contribution in [0.1, 0.15) is 36.4 Å². The molecule has 16 heavy (non-hydrogen) atoms. The van der Waals surface area contributed by atoms with Crippen LogP contribution in [0.4, 0.5) is 5.82 Å². The van der Waals surface area contributed by atoms with Crippen LogP contribution in [-0.2, 0) is 0 Å². The average molecular weight is 280 g/mol. The van der Waals surface area contributed by atoms with Crippen molar-refractivity contribution >= 4 is 27.4 Å². The summed E-state index contributed by atoms with van der Waals surface area (Å²) in [6, 6.07) is 2.08. The summed E-state index contributed by atoms with van der Waals surface area (Å²) in [5.74, 6) is 1.39. The molecular weight excluding hydrogens is 266 g/mol. The van der Waals surface area contributed by atoms with Gasteiger partial charge >= 0.3 is 0 Å². The monoisotopic (exact) mass is 279 g/mol. The van der Waals surface area contributed by atoms with E-state index in [1.54, 1.807) is 0 Å². The number of hydrogen-bond donors (Lipinski definition) is 1. The summed E-state index contributed by atoms with van der Waals surface area (Å²) in [4.78, 5) is 4.69. The predicted molar refractivity (Wildman–Crippen MR) is 68.6 cm³/mol. The number of imidazole rings is 1. The van der Waals surface area contributed by atoms with Crippen molar-refractivity contribution in [3.8, 4) is 0 Å². The Balaban J connectivity index is 2.25. The topological polar surface area (TPSA) is 43.3 Å². The Kier molecular flexibility index (Phi) is 2.21. The molecule has 2 heterocycles. The van der Waals surface area contributed by atoms with Crippen LogP contribution in [0.2, 0.25) is 0 Å². The number of aryl methyl sites for hydroxylation is 1. The first kappa shape index (κ1) is 10.1. The van der Waals surface area contributed by atoms with Crippen LogP contribution in [0.5, 0.6) is 0 Å². The second-order valence-electron chi connectivity index (χ2n) is 4.55. The minimum absolute atomic E-state index is 0.582. The van der Waals surface area contributed by atoms with Gasteiger partial charge in [0.15, 0.2) is 0 Å². The van der Waals surface area contributed by atoms with Gasteiger partial charge in [-0.3, -0.25) is 4.40 Å². The summed E-state index contributed by atoms with van der Waals surface area (Å²) >= 11 is 3.49. The van der Waals surface area contributed by atoms with E-state index in [0.717, 1.165) is 27.2 Å². The molecule has 1 fully saturated rings. The third kappa shape index (κ3) is 1.36. The van der Waals surface area contributed by atoms with Crippen molar-refractivity contribution in [2.45, 2.75) is 32.1 Å². The highest BCUT2D eigenvalue weighted by atomic mass is 79.9. The normalized spacial score (nSPS) is 16.6. The molecule has 1 saturated carbocycles. The van der Waals surface area contributed by atoms with Crippen LogP contribution >= 0.6 is 15.9 Å². The number of pyridine rings is 1. The number of aromatic nitrogens is 2. The molecule has 0 bridgehead atoms. The Hall–Kier alpha value is -1.03. The number of nitrogens with zero attached hydrogens (tertiary/aromatic N) is 2. The second kappa shape index (κ2) is 3.48. The summed E-state index contributed by atoms with van der Waals surface area (Å²) in [6.45, 7) is 2.07. The van der Waals surface area contributed by atoms with Gasteiger partial charge in [0.25, 0.3) is 0 Å². The first-order valence-electron chi connectivity index (χ1n) is 5.60. The molecule has 3 nitrogen and oxygen atoms in total. The predicted octanol–water partition coefficient (Wildman–Crippen LogP) is 3.25. The molecular formula is C12H14BrN3. The fourth-order valence-corrected chi connectivity index (χ4v) is 2.83. The number of rotatable bonds is 1. The van der Waals surface area contributed by atoms with Crippen molar-refractivity contribution in [2.75, 3.05) is 5.73 Å². The van der Waals surface area contributed by atoms with E-state index >= 15 is 0 Å². The lowest BCUT2D eigenvalue weighted by Gasteiger charge is -2.23. The van der Waals surface area contributed by atoms with E-state index in [-0.39, 0.29) is 0 Å². The summed E-state index contributed by atoms with van der Waals surface area (Å²) in [6.07, 6.45) is 5.76. The van der Waals surface area contributed by atoms with Crippen molar-refractivity contribution in [3.05, 3.63) is 28.0 Å². The van der Waals surface area contributed by atoms with Crippen molar-refractivity contribution in [1.29, 1.82) is 0 Å². The third-order valence-corrected chi connectivity index (χ3v) is 3.86. The molecule has 0 spiro atoms. The van der Waals surface area contributed by atoms with Gasteiger partial charge < -0.3 is 5.73 Å². The van der Waals surface area contributed by atoms with Gasteiger partial charge in [0.2, 0.25) is 0 Å². The van der Waals surface area contributed by atoms with Gasteiger partial charge in [0, 0.05) is 16.6 Å². The first-order chi connectivity index (χ1) is 7.66. The Morgan fingerprint density at radius 3 is 2.88 bits per heavy atom. The average Bonchev–Trinajstić information content (AvgIpc) is 2.44. The van der Waals surface area contributed by atoms with Gasteiger partial charge in [-0.05, 0) is 47.3 Å². The van der Waals surface area contributed by atoms with E-state index < -0.39 is 0 Å². The molecule has 84 valence electrons. The second-order valence-corrected chi connectivity index (χ2v) is 5.46. The van der Waals surface area contributed by atoms with Crippen LogP contribution < -0.4 is 5.73 Å². The number of halogens is 1.